The average molecular weight is 390 g/mol. The van der Waals surface area contributed by atoms with Crippen LogP contribution in [0.1, 0.15) is 16.8 Å². The lowest BCUT2D eigenvalue weighted by molar-refractivity contribution is 0.439. The van der Waals surface area contributed by atoms with Gasteiger partial charge in [0.2, 0.25) is 0 Å². The second-order valence-corrected chi connectivity index (χ2v) is 6.17. The van der Waals surface area contributed by atoms with Gasteiger partial charge < -0.3 is 4.74 Å². The number of H-pyrrole nitrogens is 1. The zero-order chi connectivity index (χ0) is 18.7. The van der Waals surface area contributed by atoms with Crippen LogP contribution in [-0.4, -0.2) is 10.2 Å². The van der Waals surface area contributed by atoms with Crippen molar-refractivity contribution in [1.29, 1.82) is 5.26 Å². The number of aromatic amines is 1. The number of aromatic nitrogens is 2. The van der Waals surface area contributed by atoms with Gasteiger partial charge in [-0.05, 0) is 35.9 Å². The van der Waals surface area contributed by atoms with Crippen LogP contribution in [0.3, 0.4) is 0 Å². The summed E-state index contributed by atoms with van der Waals surface area (Å²) in [6.07, 6.45) is 0.134. The van der Waals surface area contributed by atoms with E-state index in [1.807, 2.05) is 6.07 Å². The fourth-order valence-electron chi connectivity index (χ4n) is 2.27. The Hall–Kier alpha value is -2.88. The van der Waals surface area contributed by atoms with Crippen LogP contribution in [0.25, 0.3) is 0 Å². The van der Waals surface area contributed by atoms with Gasteiger partial charge in [0.15, 0.2) is 11.6 Å². The molecule has 1 N–H and O–H groups in total. The van der Waals surface area contributed by atoms with Crippen LogP contribution < -0.4 is 10.3 Å². The minimum atomic E-state index is -0.663. The zero-order valence-corrected chi connectivity index (χ0v) is 14.6. The molecule has 130 valence electrons. The molecule has 26 heavy (non-hydrogen) atoms. The van der Waals surface area contributed by atoms with Gasteiger partial charge in [-0.25, -0.2) is 9.49 Å². The van der Waals surface area contributed by atoms with Crippen LogP contribution in [0.4, 0.5) is 4.39 Å². The number of nitrogens with one attached hydrogen (secondary N) is 1. The van der Waals surface area contributed by atoms with Gasteiger partial charge in [0.05, 0.1) is 22.3 Å². The van der Waals surface area contributed by atoms with Gasteiger partial charge in [-0.15, -0.1) is 0 Å². The van der Waals surface area contributed by atoms with Crippen molar-refractivity contribution in [2.24, 2.45) is 0 Å². The van der Waals surface area contributed by atoms with Crippen molar-refractivity contribution < 1.29 is 9.13 Å². The summed E-state index contributed by atoms with van der Waals surface area (Å²) < 4.78 is 20.4. The molecule has 0 bridgehead atoms. The van der Waals surface area contributed by atoms with Crippen LogP contribution in [0.15, 0.2) is 47.3 Å². The number of rotatable bonds is 4. The predicted molar refractivity (Wildman–Crippen MR) is 95.3 cm³/mol. The quantitative estimate of drug-likeness (QED) is 0.713. The Morgan fingerprint density at radius 1 is 1.19 bits per heavy atom. The van der Waals surface area contributed by atoms with E-state index < -0.39 is 5.82 Å². The number of benzene rings is 2. The smallest absolute Gasteiger partial charge is 0.264 e. The number of hydrogen-bond acceptors (Lipinski definition) is 4. The number of nitrogens with zero attached hydrogens (tertiary/aromatic N) is 2. The van der Waals surface area contributed by atoms with Crippen molar-refractivity contribution in [2.45, 2.75) is 6.42 Å². The Morgan fingerprint density at radius 2 is 2.00 bits per heavy atom. The molecule has 0 amide bonds. The zero-order valence-electron chi connectivity index (χ0n) is 13.1. The standard InChI is InChI=1S/C18H10Cl2FN3O2/c19-12-5-10(9-22)6-14(8-12)26-18-15(20)3-1-11(17(18)21)7-13-2-4-16(25)24-23-13/h1-6,8H,7H2,(H,24,25). The lowest BCUT2D eigenvalue weighted by Crippen LogP contribution is -2.08. The summed E-state index contributed by atoms with van der Waals surface area (Å²) in [6.45, 7) is 0. The van der Waals surface area contributed by atoms with Gasteiger partial charge in [-0.2, -0.15) is 10.4 Å². The van der Waals surface area contributed by atoms with Crippen LogP contribution in [0.5, 0.6) is 11.5 Å². The van der Waals surface area contributed by atoms with E-state index in [-0.39, 0.29) is 44.7 Å². The summed E-state index contributed by atoms with van der Waals surface area (Å²) in [5.41, 5.74) is 0.694. The molecule has 0 unspecified atom stereocenters. The maximum Gasteiger partial charge on any atom is 0.264 e. The van der Waals surface area contributed by atoms with Crippen molar-refractivity contribution in [3.05, 3.63) is 85.5 Å². The SMILES string of the molecule is N#Cc1cc(Cl)cc(Oc2c(Cl)ccc(Cc3ccc(=O)[nH]n3)c2F)c1. The Kier molecular flexibility index (Phi) is 5.21. The van der Waals surface area contributed by atoms with Gasteiger partial charge in [-0.3, -0.25) is 4.79 Å². The largest absolute Gasteiger partial charge is 0.453 e. The molecule has 0 spiro atoms. The third-order valence-corrected chi connectivity index (χ3v) is 3.97. The maximum absolute atomic E-state index is 14.9. The van der Waals surface area contributed by atoms with E-state index in [0.29, 0.717) is 5.69 Å². The molecule has 0 aliphatic rings. The molecular formula is C18H10Cl2FN3O2. The van der Waals surface area contributed by atoms with E-state index in [2.05, 4.69) is 10.2 Å². The predicted octanol–water partition coefficient (Wildman–Crippen LogP) is 4.47. The molecule has 1 aromatic heterocycles. The van der Waals surface area contributed by atoms with E-state index in [1.165, 1.54) is 42.5 Å². The highest BCUT2D eigenvalue weighted by molar-refractivity contribution is 6.32. The van der Waals surface area contributed by atoms with E-state index in [9.17, 15) is 9.18 Å². The van der Waals surface area contributed by atoms with Crippen molar-refractivity contribution in [1.82, 2.24) is 10.2 Å². The monoisotopic (exact) mass is 389 g/mol. The lowest BCUT2D eigenvalue weighted by atomic mass is 10.1. The fraction of sp³-hybridized carbons (Fsp3) is 0.0556. The molecule has 3 aromatic rings. The molecular weight excluding hydrogens is 380 g/mol. The van der Waals surface area contributed by atoms with E-state index in [1.54, 1.807) is 0 Å². The molecule has 0 saturated carbocycles. The van der Waals surface area contributed by atoms with Crippen molar-refractivity contribution in [2.75, 3.05) is 0 Å². The average Bonchev–Trinajstić information content (AvgIpc) is 2.62. The number of halogens is 3. The van der Waals surface area contributed by atoms with Gasteiger partial charge >= 0.3 is 0 Å². The first-order valence-corrected chi connectivity index (χ1v) is 8.12. The van der Waals surface area contributed by atoms with Crippen LogP contribution in [-0.2, 0) is 6.42 Å². The third kappa shape index (κ3) is 4.02. The molecule has 0 saturated heterocycles. The van der Waals surface area contributed by atoms with E-state index in [0.717, 1.165) is 0 Å². The van der Waals surface area contributed by atoms with Gasteiger partial charge in [0.1, 0.15) is 5.75 Å². The normalized spacial score (nSPS) is 10.4. The third-order valence-electron chi connectivity index (χ3n) is 3.46. The highest BCUT2D eigenvalue weighted by atomic mass is 35.5. The first-order valence-electron chi connectivity index (χ1n) is 7.36. The van der Waals surface area contributed by atoms with Gasteiger partial charge in [-0.1, -0.05) is 29.3 Å². The van der Waals surface area contributed by atoms with Gasteiger partial charge in [0.25, 0.3) is 5.56 Å². The Balaban J connectivity index is 1.95. The second-order valence-electron chi connectivity index (χ2n) is 5.33. The van der Waals surface area contributed by atoms with Gasteiger partial charge in [0, 0.05) is 17.5 Å². The van der Waals surface area contributed by atoms with Crippen LogP contribution in [0, 0.1) is 17.1 Å². The van der Waals surface area contributed by atoms with Crippen molar-refractivity contribution in [3.63, 3.8) is 0 Å². The maximum atomic E-state index is 14.9. The van der Waals surface area contributed by atoms with Crippen LogP contribution in [0.2, 0.25) is 10.0 Å². The Morgan fingerprint density at radius 3 is 2.69 bits per heavy atom. The summed E-state index contributed by atoms with van der Waals surface area (Å²) in [6, 6.07) is 12.1. The number of hydrogen-bond donors (Lipinski definition) is 1. The molecule has 0 aliphatic carbocycles. The first kappa shape index (κ1) is 17.9. The summed E-state index contributed by atoms with van der Waals surface area (Å²) in [5.74, 6) is -0.655. The topological polar surface area (TPSA) is 78.8 Å². The summed E-state index contributed by atoms with van der Waals surface area (Å²) >= 11 is 12.0. The summed E-state index contributed by atoms with van der Waals surface area (Å²) in [4.78, 5) is 11.1. The molecule has 3 rings (SSSR count). The fourth-order valence-corrected chi connectivity index (χ4v) is 2.68. The van der Waals surface area contributed by atoms with E-state index >= 15 is 0 Å². The summed E-state index contributed by atoms with van der Waals surface area (Å²) in [7, 11) is 0. The van der Waals surface area contributed by atoms with E-state index in [4.69, 9.17) is 33.2 Å². The second kappa shape index (κ2) is 7.56. The van der Waals surface area contributed by atoms with Crippen molar-refractivity contribution in [3.8, 4) is 17.6 Å². The minimum absolute atomic E-state index is 0.0687. The number of nitriles is 1. The lowest BCUT2D eigenvalue weighted by Gasteiger charge is -2.12. The molecule has 2 aromatic carbocycles. The molecule has 0 radical (unpaired) electrons. The molecule has 8 heteroatoms. The van der Waals surface area contributed by atoms with Crippen LogP contribution >= 0.6 is 23.2 Å². The Labute approximate surface area is 157 Å². The summed E-state index contributed by atoms with van der Waals surface area (Å²) in [5, 5.41) is 15.5. The molecule has 1 heterocycles. The molecule has 0 aliphatic heterocycles. The molecule has 0 atom stereocenters. The number of ether oxygens (including phenoxy) is 1. The Bertz CT molecular complexity index is 1060. The highest BCUT2D eigenvalue weighted by Crippen LogP contribution is 2.35. The minimum Gasteiger partial charge on any atom is -0.453 e. The molecule has 5 nitrogen and oxygen atoms in total. The van der Waals surface area contributed by atoms with Crippen molar-refractivity contribution >= 4 is 23.2 Å². The first-order chi connectivity index (χ1) is 12.5. The highest BCUT2D eigenvalue weighted by Gasteiger charge is 2.16. The molecule has 0 fully saturated rings.